The van der Waals surface area contributed by atoms with Crippen LogP contribution in [-0.4, -0.2) is 5.11 Å². The van der Waals surface area contributed by atoms with Crippen LogP contribution in [0.2, 0.25) is 0 Å². The molecule has 2 aromatic carbocycles. The van der Waals surface area contributed by atoms with E-state index in [1.807, 2.05) is 24.3 Å². The molecule has 0 heterocycles. The molecule has 1 unspecified atom stereocenters. The van der Waals surface area contributed by atoms with E-state index in [1.165, 1.54) is 5.39 Å². The molecule has 1 heteroatoms. The predicted octanol–water partition coefficient (Wildman–Crippen LogP) is 3.68. The molecule has 0 bridgehead atoms. The van der Waals surface area contributed by atoms with Gasteiger partial charge in [0.25, 0.3) is 0 Å². The van der Waals surface area contributed by atoms with Gasteiger partial charge in [0.2, 0.25) is 0 Å². The Bertz CT molecular complexity index is 531. The van der Waals surface area contributed by atoms with E-state index in [9.17, 15) is 5.11 Å². The SMILES string of the molecule is C#CCCCC(O)c1cccc2ccccc12. The molecule has 86 valence electrons. The Balaban J connectivity index is 2.26. The van der Waals surface area contributed by atoms with Gasteiger partial charge in [0.05, 0.1) is 6.10 Å². The minimum Gasteiger partial charge on any atom is -0.388 e. The van der Waals surface area contributed by atoms with E-state index in [2.05, 4.69) is 24.1 Å². The molecule has 0 aliphatic carbocycles. The van der Waals surface area contributed by atoms with Crippen LogP contribution in [0, 0.1) is 12.3 Å². The summed E-state index contributed by atoms with van der Waals surface area (Å²) in [7, 11) is 0. The molecule has 1 nitrogen and oxygen atoms in total. The van der Waals surface area contributed by atoms with Crippen LogP contribution in [0.3, 0.4) is 0 Å². The van der Waals surface area contributed by atoms with E-state index in [0.29, 0.717) is 0 Å². The lowest BCUT2D eigenvalue weighted by atomic mass is 9.97. The Morgan fingerprint density at radius 1 is 1.12 bits per heavy atom. The third kappa shape index (κ3) is 2.67. The first-order valence-electron chi connectivity index (χ1n) is 5.92. The van der Waals surface area contributed by atoms with E-state index in [4.69, 9.17) is 6.42 Å². The maximum atomic E-state index is 10.2. The third-order valence-electron chi connectivity index (χ3n) is 2.98. The molecule has 0 saturated carbocycles. The number of benzene rings is 2. The highest BCUT2D eigenvalue weighted by Crippen LogP contribution is 2.27. The first-order valence-corrected chi connectivity index (χ1v) is 5.92. The molecule has 0 saturated heterocycles. The molecule has 1 N–H and O–H groups in total. The summed E-state index contributed by atoms with van der Waals surface area (Å²) < 4.78 is 0. The Morgan fingerprint density at radius 3 is 2.71 bits per heavy atom. The highest BCUT2D eigenvalue weighted by atomic mass is 16.3. The van der Waals surface area contributed by atoms with Crippen LogP contribution in [0.4, 0.5) is 0 Å². The van der Waals surface area contributed by atoms with Crippen molar-refractivity contribution in [1.82, 2.24) is 0 Å². The molecular weight excluding hydrogens is 208 g/mol. The topological polar surface area (TPSA) is 20.2 Å². The summed E-state index contributed by atoms with van der Waals surface area (Å²) in [6.45, 7) is 0. The predicted molar refractivity (Wildman–Crippen MR) is 71.6 cm³/mol. The number of fused-ring (bicyclic) bond motifs is 1. The van der Waals surface area contributed by atoms with Crippen molar-refractivity contribution in [1.29, 1.82) is 0 Å². The molecule has 2 rings (SSSR count). The largest absolute Gasteiger partial charge is 0.388 e. The summed E-state index contributed by atoms with van der Waals surface area (Å²) in [5.74, 6) is 2.60. The lowest BCUT2D eigenvalue weighted by molar-refractivity contribution is 0.166. The van der Waals surface area contributed by atoms with Crippen molar-refractivity contribution in [2.75, 3.05) is 0 Å². The van der Waals surface area contributed by atoms with Gasteiger partial charge in [-0.3, -0.25) is 0 Å². The zero-order valence-electron chi connectivity index (χ0n) is 9.76. The zero-order valence-corrected chi connectivity index (χ0v) is 9.76. The first-order chi connectivity index (χ1) is 8.33. The summed E-state index contributed by atoms with van der Waals surface area (Å²) in [4.78, 5) is 0. The highest BCUT2D eigenvalue weighted by Gasteiger charge is 2.09. The number of rotatable bonds is 4. The van der Waals surface area contributed by atoms with Gasteiger partial charge < -0.3 is 5.11 Å². The number of terminal acetylenes is 1. The van der Waals surface area contributed by atoms with E-state index < -0.39 is 6.10 Å². The second kappa shape index (κ2) is 5.52. The van der Waals surface area contributed by atoms with Crippen molar-refractivity contribution in [3.05, 3.63) is 48.0 Å². The van der Waals surface area contributed by atoms with Crippen LogP contribution in [-0.2, 0) is 0 Å². The van der Waals surface area contributed by atoms with Gasteiger partial charge in [0.1, 0.15) is 0 Å². The van der Waals surface area contributed by atoms with Gasteiger partial charge in [-0.25, -0.2) is 0 Å². The lowest BCUT2D eigenvalue weighted by Crippen LogP contribution is -1.98. The van der Waals surface area contributed by atoms with E-state index >= 15 is 0 Å². The van der Waals surface area contributed by atoms with Crippen LogP contribution < -0.4 is 0 Å². The molecule has 0 aliphatic rings. The van der Waals surface area contributed by atoms with E-state index in [0.717, 1.165) is 30.2 Å². The van der Waals surface area contributed by atoms with Crippen LogP contribution >= 0.6 is 0 Å². The fourth-order valence-electron chi connectivity index (χ4n) is 2.09. The summed E-state index contributed by atoms with van der Waals surface area (Å²) in [6, 6.07) is 14.2. The summed E-state index contributed by atoms with van der Waals surface area (Å²) >= 11 is 0. The van der Waals surface area contributed by atoms with Gasteiger partial charge in [-0.2, -0.15) is 0 Å². The van der Waals surface area contributed by atoms with Crippen LogP contribution in [0.5, 0.6) is 0 Å². The number of hydrogen-bond acceptors (Lipinski definition) is 1. The zero-order chi connectivity index (χ0) is 12.1. The van der Waals surface area contributed by atoms with Crippen LogP contribution in [0.1, 0.15) is 30.9 Å². The molecule has 0 aromatic heterocycles. The molecule has 1 atom stereocenters. The Morgan fingerprint density at radius 2 is 1.88 bits per heavy atom. The van der Waals surface area contributed by atoms with Crippen molar-refractivity contribution in [2.45, 2.75) is 25.4 Å². The summed E-state index contributed by atoms with van der Waals surface area (Å²) in [5.41, 5.74) is 1.00. The van der Waals surface area contributed by atoms with Crippen molar-refractivity contribution in [2.24, 2.45) is 0 Å². The van der Waals surface area contributed by atoms with Crippen molar-refractivity contribution < 1.29 is 5.11 Å². The van der Waals surface area contributed by atoms with Crippen LogP contribution in [0.15, 0.2) is 42.5 Å². The third-order valence-corrected chi connectivity index (χ3v) is 2.98. The van der Waals surface area contributed by atoms with Gasteiger partial charge >= 0.3 is 0 Å². The lowest BCUT2D eigenvalue weighted by Gasteiger charge is -2.13. The van der Waals surface area contributed by atoms with E-state index in [-0.39, 0.29) is 0 Å². The minimum atomic E-state index is -0.422. The molecule has 0 amide bonds. The maximum absolute atomic E-state index is 10.2. The molecule has 2 aromatic rings. The molecule has 0 fully saturated rings. The Labute approximate surface area is 102 Å². The number of aliphatic hydroxyl groups is 1. The van der Waals surface area contributed by atoms with E-state index in [1.54, 1.807) is 0 Å². The molecule has 0 spiro atoms. The fourth-order valence-corrected chi connectivity index (χ4v) is 2.09. The van der Waals surface area contributed by atoms with Crippen molar-refractivity contribution in [3.63, 3.8) is 0 Å². The van der Waals surface area contributed by atoms with Crippen molar-refractivity contribution in [3.8, 4) is 12.3 Å². The average molecular weight is 224 g/mol. The van der Waals surface area contributed by atoms with Gasteiger partial charge in [0.15, 0.2) is 0 Å². The second-order valence-electron chi connectivity index (χ2n) is 4.18. The molecular formula is C16H16O. The summed E-state index contributed by atoms with van der Waals surface area (Å²) in [5, 5.41) is 12.5. The second-order valence-corrected chi connectivity index (χ2v) is 4.18. The summed E-state index contributed by atoms with van der Waals surface area (Å²) in [6.07, 6.45) is 7.10. The van der Waals surface area contributed by atoms with Gasteiger partial charge in [-0.1, -0.05) is 42.5 Å². The van der Waals surface area contributed by atoms with Gasteiger partial charge in [-0.05, 0) is 29.2 Å². The normalized spacial score (nSPS) is 12.2. The minimum absolute atomic E-state index is 0.422. The number of aliphatic hydroxyl groups excluding tert-OH is 1. The average Bonchev–Trinajstić information content (AvgIpc) is 2.38. The number of hydrogen-bond donors (Lipinski definition) is 1. The monoisotopic (exact) mass is 224 g/mol. The Hall–Kier alpha value is -1.78. The quantitative estimate of drug-likeness (QED) is 0.620. The fraction of sp³-hybridized carbons (Fsp3) is 0.250. The molecule has 0 aliphatic heterocycles. The first kappa shape index (κ1) is 11.7. The van der Waals surface area contributed by atoms with Gasteiger partial charge in [-0.15, -0.1) is 12.3 Å². The standard InChI is InChI=1S/C16H16O/c1-2-3-4-12-16(17)15-11-7-9-13-8-5-6-10-14(13)15/h1,5-11,16-17H,3-4,12H2. The maximum Gasteiger partial charge on any atom is 0.0796 e. The van der Waals surface area contributed by atoms with Crippen molar-refractivity contribution >= 4 is 10.8 Å². The van der Waals surface area contributed by atoms with Crippen LogP contribution in [0.25, 0.3) is 10.8 Å². The van der Waals surface area contributed by atoms with Gasteiger partial charge in [0, 0.05) is 6.42 Å². The number of unbranched alkanes of at least 4 members (excludes halogenated alkanes) is 1. The molecule has 17 heavy (non-hydrogen) atoms. The molecule has 0 radical (unpaired) electrons. The smallest absolute Gasteiger partial charge is 0.0796 e. The highest BCUT2D eigenvalue weighted by molar-refractivity contribution is 5.85. The Kier molecular flexibility index (Phi) is 3.80.